The highest BCUT2D eigenvalue weighted by atomic mass is 16.5. The zero-order valence-corrected chi connectivity index (χ0v) is 61.4. The predicted molar refractivity (Wildman–Crippen MR) is 398 cm³/mol. The zero-order valence-electron chi connectivity index (χ0n) is 61.4. The summed E-state index contributed by atoms with van der Waals surface area (Å²) in [7, 11) is 0. The molecule has 0 aliphatic carbocycles. The molecule has 0 aromatic carbocycles. The number of carbonyl (C=O) groups excluding carboxylic acids is 2. The van der Waals surface area contributed by atoms with Gasteiger partial charge in [0.1, 0.15) is 0 Å². The Balaban J connectivity index is 3.33. The van der Waals surface area contributed by atoms with E-state index in [4.69, 9.17) is 4.74 Å². The first kappa shape index (κ1) is 88.3. The van der Waals surface area contributed by atoms with Gasteiger partial charge in [-0.2, -0.15) is 0 Å². The Morgan fingerprint density at radius 1 is 0.311 bits per heavy atom. The fourth-order valence-corrected chi connectivity index (χ4v) is 13.4. The fourth-order valence-electron chi connectivity index (χ4n) is 13.4. The average Bonchev–Trinajstić information content (AvgIpc) is 3.59. The minimum Gasteiger partial charge on any atom is -0.466 e. The van der Waals surface area contributed by atoms with Crippen molar-refractivity contribution in [1.82, 2.24) is 5.32 Å². The second-order valence-electron chi connectivity index (χ2n) is 28.8. The van der Waals surface area contributed by atoms with E-state index in [9.17, 15) is 19.8 Å². The van der Waals surface area contributed by atoms with Crippen LogP contribution in [0.25, 0.3) is 0 Å². The fraction of sp³-hybridized carbons (Fsp3) is 0.929. The smallest absolute Gasteiger partial charge is 0.305 e. The molecule has 0 saturated heterocycles. The molecule has 0 saturated carbocycles. The van der Waals surface area contributed by atoms with Gasteiger partial charge in [-0.1, -0.05) is 430 Å². The number of amides is 1. The van der Waals surface area contributed by atoms with Gasteiger partial charge in [-0.3, -0.25) is 9.59 Å². The maximum Gasteiger partial charge on any atom is 0.305 e. The third-order valence-corrected chi connectivity index (χ3v) is 19.8. The summed E-state index contributed by atoms with van der Waals surface area (Å²) in [6, 6.07) is -0.539. The Kier molecular flexibility index (Phi) is 78.3. The van der Waals surface area contributed by atoms with Crippen LogP contribution in [0.5, 0.6) is 0 Å². The monoisotopic (exact) mass is 1270 g/mol. The second-order valence-corrected chi connectivity index (χ2v) is 28.8. The van der Waals surface area contributed by atoms with E-state index in [0.717, 1.165) is 51.4 Å². The quantitative estimate of drug-likeness (QED) is 0.0320. The van der Waals surface area contributed by atoms with Crippen LogP contribution in [0.15, 0.2) is 24.3 Å². The first-order valence-electron chi connectivity index (χ1n) is 41.6. The number of nitrogens with one attached hydrogen (secondary N) is 1. The lowest BCUT2D eigenvalue weighted by atomic mass is 10.0. The molecule has 0 aliphatic heterocycles. The van der Waals surface area contributed by atoms with Crippen LogP contribution < -0.4 is 5.32 Å². The number of ether oxygens (including phenoxy) is 1. The van der Waals surface area contributed by atoms with Crippen LogP contribution in [0.3, 0.4) is 0 Å². The molecule has 0 rings (SSSR count). The normalized spacial score (nSPS) is 12.5. The first-order valence-corrected chi connectivity index (χ1v) is 41.6. The lowest BCUT2D eigenvalue weighted by Gasteiger charge is -2.22. The van der Waals surface area contributed by atoms with Crippen LogP contribution in [-0.2, 0) is 14.3 Å². The number of hydrogen-bond acceptors (Lipinski definition) is 5. The predicted octanol–water partition coefficient (Wildman–Crippen LogP) is 27.6. The van der Waals surface area contributed by atoms with Crippen LogP contribution in [-0.4, -0.2) is 47.4 Å². The molecule has 6 nitrogen and oxygen atoms in total. The van der Waals surface area contributed by atoms with Crippen LogP contribution in [0.1, 0.15) is 476 Å². The lowest BCUT2D eigenvalue weighted by Crippen LogP contribution is -2.45. The van der Waals surface area contributed by atoms with E-state index < -0.39 is 12.1 Å². The molecule has 0 heterocycles. The molecule has 0 fully saturated rings. The highest BCUT2D eigenvalue weighted by molar-refractivity contribution is 5.76. The Morgan fingerprint density at radius 3 is 0.867 bits per heavy atom. The van der Waals surface area contributed by atoms with E-state index in [0.29, 0.717) is 25.9 Å². The maximum absolute atomic E-state index is 12.6. The second kappa shape index (κ2) is 79.8. The molecule has 0 radical (unpaired) electrons. The summed E-state index contributed by atoms with van der Waals surface area (Å²) in [5.74, 6) is -0.00974. The van der Waals surface area contributed by atoms with Crippen LogP contribution in [0.2, 0.25) is 0 Å². The molecule has 1 amide bonds. The molecule has 0 spiro atoms. The highest BCUT2D eigenvalue weighted by Gasteiger charge is 2.20. The van der Waals surface area contributed by atoms with Crippen molar-refractivity contribution in [2.45, 2.75) is 488 Å². The van der Waals surface area contributed by atoms with Gasteiger partial charge < -0.3 is 20.3 Å². The number of allylic oxidation sites excluding steroid dienone is 4. The van der Waals surface area contributed by atoms with Gasteiger partial charge in [0.25, 0.3) is 0 Å². The van der Waals surface area contributed by atoms with E-state index in [1.165, 1.54) is 392 Å². The topological polar surface area (TPSA) is 95.9 Å². The van der Waals surface area contributed by atoms with Crippen LogP contribution >= 0.6 is 0 Å². The van der Waals surface area contributed by atoms with E-state index in [1.807, 2.05) is 0 Å². The van der Waals surface area contributed by atoms with Gasteiger partial charge >= 0.3 is 5.97 Å². The molecule has 0 aliphatic rings. The number of unbranched alkanes of at least 4 members (excludes halogenated alkanes) is 64. The SMILES string of the molecule is CCCCC/C=C\C/C=C\CCCCCCCCCC(=O)OCCCCCCCCCCCCCCCCCCCCCCCCCCCCCCCCCCC(=O)NC(CO)C(O)CCCCCCCCCCCCCCCCCCCCCCCCCC. The molecular formula is C84H163NO5. The Morgan fingerprint density at radius 2 is 0.556 bits per heavy atom. The van der Waals surface area contributed by atoms with Gasteiger partial charge in [-0.25, -0.2) is 0 Å². The molecule has 6 heteroatoms. The molecule has 0 aromatic rings. The number of carbonyl (C=O) groups is 2. The molecule has 0 aromatic heterocycles. The standard InChI is InChI=1S/C84H163NO5/c1-3-5-7-9-11-13-15-17-19-21-22-23-24-35-38-41-45-48-52-56-60-64-68-72-76-82(87)81(80-86)85-83(88)77-73-69-65-61-57-53-49-46-42-39-36-33-31-29-27-25-26-28-30-32-34-37-40-43-47-51-55-59-63-67-71-75-79-90-84(89)78-74-70-66-62-58-54-50-44-20-18-16-14-12-10-8-6-4-2/h12,14,18,20,81-82,86-87H,3-11,13,15-17,19,21-80H2,1-2H3,(H,85,88)/b14-12-,20-18-. The van der Waals surface area contributed by atoms with Gasteiger partial charge in [0, 0.05) is 12.8 Å². The largest absolute Gasteiger partial charge is 0.466 e. The average molecular weight is 1270 g/mol. The third-order valence-electron chi connectivity index (χ3n) is 19.8. The molecule has 0 bridgehead atoms. The molecule has 90 heavy (non-hydrogen) atoms. The van der Waals surface area contributed by atoms with Crippen molar-refractivity contribution in [2.75, 3.05) is 13.2 Å². The summed E-state index contributed by atoms with van der Waals surface area (Å²) in [5.41, 5.74) is 0. The van der Waals surface area contributed by atoms with E-state index in [2.05, 4.69) is 43.5 Å². The van der Waals surface area contributed by atoms with Crippen molar-refractivity contribution in [1.29, 1.82) is 0 Å². The minimum atomic E-state index is -0.663. The van der Waals surface area contributed by atoms with Gasteiger partial charge in [-0.15, -0.1) is 0 Å². The summed E-state index contributed by atoms with van der Waals surface area (Å²) in [4.78, 5) is 24.7. The van der Waals surface area contributed by atoms with Crippen molar-refractivity contribution < 1.29 is 24.5 Å². The van der Waals surface area contributed by atoms with Crippen molar-refractivity contribution in [3.05, 3.63) is 24.3 Å². The maximum atomic E-state index is 12.6. The van der Waals surface area contributed by atoms with Crippen molar-refractivity contribution in [3.63, 3.8) is 0 Å². The minimum absolute atomic E-state index is 0.0146. The Bertz CT molecular complexity index is 1410. The molecule has 3 N–H and O–H groups in total. The van der Waals surface area contributed by atoms with Crippen molar-refractivity contribution in [3.8, 4) is 0 Å². The number of esters is 1. The summed E-state index contributed by atoms with van der Waals surface area (Å²) in [6.45, 7) is 4.98. The van der Waals surface area contributed by atoms with Gasteiger partial charge in [0.2, 0.25) is 5.91 Å². The van der Waals surface area contributed by atoms with Crippen LogP contribution in [0, 0.1) is 0 Å². The van der Waals surface area contributed by atoms with E-state index >= 15 is 0 Å². The molecular weight excluding hydrogens is 1100 g/mol. The van der Waals surface area contributed by atoms with Crippen molar-refractivity contribution in [2.24, 2.45) is 0 Å². The lowest BCUT2D eigenvalue weighted by molar-refractivity contribution is -0.143. The number of rotatable bonds is 79. The molecule has 2 atom stereocenters. The first-order chi connectivity index (χ1) is 44.5. The van der Waals surface area contributed by atoms with Gasteiger partial charge in [-0.05, 0) is 57.8 Å². The zero-order chi connectivity index (χ0) is 64.9. The highest BCUT2D eigenvalue weighted by Crippen LogP contribution is 2.21. The number of aliphatic hydroxyl groups excluding tert-OH is 2. The van der Waals surface area contributed by atoms with Crippen LogP contribution in [0.4, 0.5) is 0 Å². The third kappa shape index (κ3) is 75.4. The number of aliphatic hydroxyl groups is 2. The van der Waals surface area contributed by atoms with Gasteiger partial charge in [0.15, 0.2) is 0 Å². The summed E-state index contributed by atoms with van der Waals surface area (Å²) < 4.78 is 5.51. The molecule has 534 valence electrons. The Labute approximate surface area is 564 Å². The van der Waals surface area contributed by atoms with Gasteiger partial charge in [0.05, 0.1) is 25.4 Å². The van der Waals surface area contributed by atoms with E-state index in [-0.39, 0.29) is 18.5 Å². The number of hydrogen-bond donors (Lipinski definition) is 3. The van der Waals surface area contributed by atoms with Crippen molar-refractivity contribution >= 4 is 11.9 Å². The Hall–Kier alpha value is -1.66. The summed E-state index contributed by atoms with van der Waals surface area (Å²) in [6.07, 6.45) is 103. The van der Waals surface area contributed by atoms with E-state index in [1.54, 1.807) is 0 Å². The summed E-state index contributed by atoms with van der Waals surface area (Å²) >= 11 is 0. The summed E-state index contributed by atoms with van der Waals surface area (Å²) in [5, 5.41) is 23.5. The molecule has 2 unspecified atom stereocenters.